The fourth-order valence-corrected chi connectivity index (χ4v) is 2.00. The molecule has 2 aromatic rings. The lowest BCUT2D eigenvalue weighted by molar-refractivity contribution is -0.384. The molecule has 6 nitrogen and oxygen atoms in total. The van der Waals surface area contributed by atoms with Crippen LogP contribution in [0.25, 0.3) is 6.08 Å². The second-order valence-corrected chi connectivity index (χ2v) is 4.60. The molecule has 0 radical (unpaired) electrons. The Balaban J connectivity index is 2.27. The minimum Gasteiger partial charge on any atom is -0.288 e. The van der Waals surface area contributed by atoms with Crippen LogP contribution < -0.4 is 0 Å². The SMILES string of the molecule is CCn1nccc1C(=O)/C=C/c1cc([N+](=O)[O-])ccc1Cl. The van der Waals surface area contributed by atoms with E-state index in [2.05, 4.69) is 5.10 Å². The van der Waals surface area contributed by atoms with Crippen LogP contribution in [0.1, 0.15) is 23.0 Å². The highest BCUT2D eigenvalue weighted by molar-refractivity contribution is 6.32. The van der Waals surface area contributed by atoms with Gasteiger partial charge < -0.3 is 0 Å². The number of benzene rings is 1. The molecule has 0 saturated heterocycles. The first-order valence-corrected chi connectivity index (χ1v) is 6.59. The molecule has 0 unspecified atom stereocenters. The summed E-state index contributed by atoms with van der Waals surface area (Å²) in [5.74, 6) is -0.239. The summed E-state index contributed by atoms with van der Waals surface area (Å²) in [5.41, 5.74) is 0.794. The lowest BCUT2D eigenvalue weighted by Gasteiger charge is -2.01. The Labute approximate surface area is 125 Å². The number of hydrogen-bond donors (Lipinski definition) is 0. The van der Waals surface area contributed by atoms with E-state index in [4.69, 9.17) is 11.6 Å². The summed E-state index contributed by atoms with van der Waals surface area (Å²) in [6, 6.07) is 5.68. The fourth-order valence-electron chi connectivity index (χ4n) is 1.82. The molecule has 2 rings (SSSR count). The van der Waals surface area contributed by atoms with E-state index < -0.39 is 4.92 Å². The van der Waals surface area contributed by atoms with Crippen molar-refractivity contribution in [2.24, 2.45) is 0 Å². The Bertz CT molecular complexity index is 722. The molecular formula is C14H12ClN3O3. The number of nitro benzene ring substituents is 1. The van der Waals surface area contributed by atoms with Gasteiger partial charge in [-0.2, -0.15) is 5.10 Å². The van der Waals surface area contributed by atoms with Gasteiger partial charge in [-0.3, -0.25) is 19.6 Å². The van der Waals surface area contributed by atoms with Gasteiger partial charge in [0.05, 0.1) is 4.92 Å². The third-order valence-corrected chi connectivity index (χ3v) is 3.22. The number of non-ortho nitro benzene ring substituents is 1. The Morgan fingerprint density at radius 2 is 2.24 bits per heavy atom. The summed E-state index contributed by atoms with van der Waals surface area (Å²) in [6.45, 7) is 2.46. The molecule has 0 aliphatic rings. The molecule has 0 N–H and O–H groups in total. The van der Waals surface area contributed by atoms with Gasteiger partial charge >= 0.3 is 0 Å². The van der Waals surface area contributed by atoms with Crippen LogP contribution in [0.2, 0.25) is 5.02 Å². The second kappa shape index (κ2) is 6.32. The van der Waals surface area contributed by atoms with Crippen LogP contribution in [-0.2, 0) is 6.54 Å². The molecule has 21 heavy (non-hydrogen) atoms. The molecule has 0 amide bonds. The Morgan fingerprint density at radius 1 is 1.48 bits per heavy atom. The maximum atomic E-state index is 12.1. The highest BCUT2D eigenvalue weighted by Gasteiger charge is 2.10. The Hall–Kier alpha value is -2.47. The van der Waals surface area contributed by atoms with Crippen LogP contribution in [0.5, 0.6) is 0 Å². The van der Waals surface area contributed by atoms with Crippen LogP contribution in [0.15, 0.2) is 36.5 Å². The highest BCUT2D eigenvalue weighted by atomic mass is 35.5. The number of nitrogens with zero attached hydrogens (tertiary/aromatic N) is 3. The lowest BCUT2D eigenvalue weighted by atomic mass is 10.1. The predicted molar refractivity (Wildman–Crippen MR) is 79.4 cm³/mol. The number of allylic oxidation sites excluding steroid dienone is 1. The summed E-state index contributed by atoms with van der Waals surface area (Å²) in [7, 11) is 0. The summed E-state index contributed by atoms with van der Waals surface area (Å²) >= 11 is 5.97. The van der Waals surface area contributed by atoms with Crippen LogP contribution in [-0.4, -0.2) is 20.5 Å². The molecule has 0 saturated carbocycles. The zero-order valence-electron chi connectivity index (χ0n) is 11.2. The Morgan fingerprint density at radius 3 is 2.90 bits per heavy atom. The van der Waals surface area contributed by atoms with Crippen molar-refractivity contribution in [3.05, 3.63) is 62.9 Å². The average molecular weight is 306 g/mol. The van der Waals surface area contributed by atoms with Crippen LogP contribution in [0.4, 0.5) is 5.69 Å². The van der Waals surface area contributed by atoms with E-state index >= 15 is 0 Å². The van der Waals surface area contributed by atoms with Crippen molar-refractivity contribution < 1.29 is 9.72 Å². The molecule has 0 atom stereocenters. The van der Waals surface area contributed by atoms with E-state index in [1.165, 1.54) is 30.4 Å². The van der Waals surface area contributed by atoms with E-state index in [9.17, 15) is 14.9 Å². The topological polar surface area (TPSA) is 78.0 Å². The molecule has 7 heteroatoms. The van der Waals surface area contributed by atoms with Crippen molar-refractivity contribution in [3.63, 3.8) is 0 Å². The van der Waals surface area contributed by atoms with Crippen LogP contribution in [0, 0.1) is 10.1 Å². The standard InChI is InChI=1S/C14H12ClN3O3/c1-2-17-13(7-8-16-17)14(19)6-3-10-9-11(18(20)21)4-5-12(10)15/h3-9H,2H2,1H3/b6-3+. The molecular weight excluding hydrogens is 294 g/mol. The van der Waals surface area contributed by atoms with Gasteiger partial charge in [-0.05, 0) is 36.8 Å². The number of rotatable bonds is 5. The quantitative estimate of drug-likeness (QED) is 0.367. The van der Waals surface area contributed by atoms with Gasteiger partial charge in [0.1, 0.15) is 5.69 Å². The Kier molecular flexibility index (Phi) is 4.49. The lowest BCUT2D eigenvalue weighted by Crippen LogP contribution is -2.07. The first kappa shape index (κ1) is 14.9. The normalized spacial score (nSPS) is 11.0. The first-order valence-electron chi connectivity index (χ1n) is 6.21. The van der Waals surface area contributed by atoms with Gasteiger partial charge in [0.2, 0.25) is 5.78 Å². The number of halogens is 1. The van der Waals surface area contributed by atoms with Crippen molar-refractivity contribution in [2.75, 3.05) is 0 Å². The summed E-state index contributed by atoms with van der Waals surface area (Å²) in [6.07, 6.45) is 4.34. The minimum atomic E-state index is -0.512. The maximum Gasteiger partial charge on any atom is 0.270 e. The van der Waals surface area contributed by atoms with Crippen molar-refractivity contribution in [1.29, 1.82) is 0 Å². The largest absolute Gasteiger partial charge is 0.288 e. The smallest absolute Gasteiger partial charge is 0.270 e. The molecule has 0 spiro atoms. The average Bonchev–Trinajstić information content (AvgIpc) is 2.94. The molecule has 1 aromatic carbocycles. The number of carbonyl (C=O) groups excluding carboxylic acids is 1. The van der Waals surface area contributed by atoms with Crippen molar-refractivity contribution in [3.8, 4) is 0 Å². The zero-order valence-corrected chi connectivity index (χ0v) is 11.9. The molecule has 1 heterocycles. The minimum absolute atomic E-state index is 0.0786. The molecule has 0 bridgehead atoms. The summed E-state index contributed by atoms with van der Waals surface area (Å²) in [5, 5.41) is 15.1. The molecule has 108 valence electrons. The van der Waals surface area contributed by atoms with Crippen molar-refractivity contribution >= 4 is 29.1 Å². The number of hydrogen-bond acceptors (Lipinski definition) is 4. The highest BCUT2D eigenvalue weighted by Crippen LogP contribution is 2.23. The van der Waals surface area contributed by atoms with E-state index in [1.807, 2.05) is 6.92 Å². The molecule has 1 aromatic heterocycles. The number of carbonyl (C=O) groups is 1. The number of nitro groups is 1. The fraction of sp³-hybridized carbons (Fsp3) is 0.143. The van der Waals surface area contributed by atoms with Gasteiger partial charge in [-0.25, -0.2) is 0 Å². The monoisotopic (exact) mass is 305 g/mol. The van der Waals surface area contributed by atoms with Crippen LogP contribution in [0.3, 0.4) is 0 Å². The van der Waals surface area contributed by atoms with Crippen molar-refractivity contribution in [1.82, 2.24) is 9.78 Å². The van der Waals surface area contributed by atoms with E-state index in [-0.39, 0.29) is 11.5 Å². The summed E-state index contributed by atoms with van der Waals surface area (Å²) < 4.78 is 1.57. The first-order chi connectivity index (χ1) is 10.0. The van der Waals surface area contributed by atoms with E-state index in [0.29, 0.717) is 22.8 Å². The predicted octanol–water partition coefficient (Wildman–Crippen LogP) is 3.36. The van der Waals surface area contributed by atoms with Crippen LogP contribution >= 0.6 is 11.6 Å². The van der Waals surface area contributed by atoms with Gasteiger partial charge in [0.15, 0.2) is 0 Å². The third-order valence-electron chi connectivity index (χ3n) is 2.87. The number of aromatic nitrogens is 2. The van der Waals surface area contributed by atoms with E-state index in [0.717, 1.165) is 0 Å². The molecule has 0 aliphatic carbocycles. The number of aryl methyl sites for hydroxylation is 1. The molecule has 0 aliphatic heterocycles. The second-order valence-electron chi connectivity index (χ2n) is 4.19. The number of ketones is 1. The van der Waals surface area contributed by atoms with Gasteiger partial charge in [-0.1, -0.05) is 11.6 Å². The van der Waals surface area contributed by atoms with Crippen molar-refractivity contribution in [2.45, 2.75) is 13.5 Å². The molecule has 0 fully saturated rings. The van der Waals surface area contributed by atoms with Gasteiger partial charge in [0, 0.05) is 29.9 Å². The van der Waals surface area contributed by atoms with Gasteiger partial charge in [-0.15, -0.1) is 0 Å². The van der Waals surface area contributed by atoms with E-state index in [1.54, 1.807) is 16.9 Å². The summed E-state index contributed by atoms with van der Waals surface area (Å²) in [4.78, 5) is 22.3. The third kappa shape index (κ3) is 3.35. The maximum absolute atomic E-state index is 12.1. The zero-order chi connectivity index (χ0) is 15.4. The van der Waals surface area contributed by atoms with Gasteiger partial charge in [0.25, 0.3) is 5.69 Å².